The molecule has 5 rings (SSSR count). The van der Waals surface area contributed by atoms with Crippen LogP contribution in [0.5, 0.6) is 0 Å². The van der Waals surface area contributed by atoms with Crippen LogP contribution in [0.25, 0.3) is 33.6 Å². The van der Waals surface area contributed by atoms with Gasteiger partial charge in [0.1, 0.15) is 11.0 Å². The molecule has 0 bridgehead atoms. The molecule has 7 nitrogen and oxygen atoms in total. The monoisotopic (exact) mass is 643 g/mol. The number of aryl methyl sites for hydroxylation is 2. The number of amides is 1. The summed E-state index contributed by atoms with van der Waals surface area (Å²) in [6.45, 7) is 9.83. The topological polar surface area (TPSA) is 92.5 Å². The van der Waals surface area contributed by atoms with Gasteiger partial charge in [-0.3, -0.25) is 14.2 Å². The predicted molar refractivity (Wildman–Crippen MR) is 183 cm³/mol. The molecule has 0 spiro atoms. The van der Waals surface area contributed by atoms with E-state index in [1.54, 1.807) is 22.8 Å². The van der Waals surface area contributed by atoms with Gasteiger partial charge in [-0.2, -0.15) is 0 Å². The van der Waals surface area contributed by atoms with Crippen molar-refractivity contribution in [2.75, 3.05) is 0 Å². The number of carbonyl (C=O) groups excluding carboxylic acids is 1. The molecule has 2 aromatic heterocycles. The number of carboxylic acids is 1. The van der Waals surface area contributed by atoms with Gasteiger partial charge < -0.3 is 10.0 Å². The molecular formula is C36H38ClN3O4S. The minimum absolute atomic E-state index is 0.277. The molecule has 2 unspecified atom stereocenters. The molecule has 234 valence electrons. The predicted octanol–water partition coefficient (Wildman–Crippen LogP) is 8.30. The van der Waals surface area contributed by atoms with Gasteiger partial charge in [-0.05, 0) is 88.3 Å². The fourth-order valence-electron chi connectivity index (χ4n) is 6.16. The normalized spacial score (nSPS) is 16.4. The van der Waals surface area contributed by atoms with Gasteiger partial charge in [0.15, 0.2) is 0 Å². The first kappa shape index (κ1) is 32.4. The van der Waals surface area contributed by atoms with E-state index in [2.05, 4.69) is 0 Å². The maximum atomic E-state index is 14.8. The molecular weight excluding hydrogens is 606 g/mol. The summed E-state index contributed by atoms with van der Waals surface area (Å²) in [5, 5.41) is 13.1. The lowest BCUT2D eigenvalue weighted by Crippen LogP contribution is -2.52. The van der Waals surface area contributed by atoms with Crippen LogP contribution in [0.2, 0.25) is 5.02 Å². The highest BCUT2D eigenvalue weighted by Gasteiger charge is 2.38. The van der Waals surface area contributed by atoms with Crippen LogP contribution in [0.3, 0.4) is 0 Å². The second kappa shape index (κ2) is 13.5. The van der Waals surface area contributed by atoms with E-state index in [0.717, 1.165) is 34.4 Å². The Morgan fingerprint density at radius 1 is 1.07 bits per heavy atom. The highest BCUT2D eigenvalue weighted by Crippen LogP contribution is 2.33. The van der Waals surface area contributed by atoms with Crippen LogP contribution in [-0.2, 0) is 17.6 Å². The smallest absolute Gasteiger partial charge is 0.326 e. The third kappa shape index (κ3) is 6.40. The number of likely N-dealkylation sites (tertiary alicyclic amines) is 1. The number of aromatic nitrogens is 2. The Bertz CT molecular complexity index is 1810. The number of allylic oxidation sites excluding steroid dienone is 1. The number of carboxylic acid groups (broad SMARTS) is 1. The van der Waals surface area contributed by atoms with E-state index in [1.165, 1.54) is 16.2 Å². The average molecular weight is 644 g/mol. The van der Waals surface area contributed by atoms with Crippen molar-refractivity contribution in [1.29, 1.82) is 0 Å². The molecule has 9 heteroatoms. The zero-order chi connectivity index (χ0) is 32.4. The molecule has 1 aliphatic heterocycles. The van der Waals surface area contributed by atoms with Gasteiger partial charge in [-0.1, -0.05) is 61.4 Å². The summed E-state index contributed by atoms with van der Waals surface area (Å²) in [6, 6.07) is 13.8. The molecule has 1 saturated heterocycles. The van der Waals surface area contributed by atoms with Crippen LogP contribution >= 0.6 is 22.9 Å². The zero-order valence-corrected chi connectivity index (χ0v) is 27.8. The van der Waals surface area contributed by atoms with Gasteiger partial charge in [0.2, 0.25) is 0 Å². The number of piperidine rings is 1. The van der Waals surface area contributed by atoms with Gasteiger partial charge in [0.25, 0.3) is 11.5 Å². The van der Waals surface area contributed by atoms with E-state index >= 15 is 0 Å². The Morgan fingerprint density at radius 2 is 1.73 bits per heavy atom. The average Bonchev–Trinajstić information content (AvgIpc) is 3.50. The van der Waals surface area contributed by atoms with Crippen molar-refractivity contribution in [3.63, 3.8) is 0 Å². The van der Waals surface area contributed by atoms with Crippen molar-refractivity contribution < 1.29 is 14.7 Å². The Labute approximate surface area is 272 Å². The third-order valence-electron chi connectivity index (χ3n) is 8.39. The lowest BCUT2D eigenvalue weighted by atomic mass is 9.94. The van der Waals surface area contributed by atoms with Crippen molar-refractivity contribution >= 4 is 40.9 Å². The summed E-state index contributed by atoms with van der Waals surface area (Å²) in [6.07, 6.45) is 5.03. The number of nitrogens with zero attached hydrogens (tertiary/aromatic N) is 3. The Morgan fingerprint density at radius 3 is 2.33 bits per heavy atom. The first-order valence-corrected chi connectivity index (χ1v) is 16.6. The van der Waals surface area contributed by atoms with Crippen molar-refractivity contribution in [2.24, 2.45) is 0 Å². The van der Waals surface area contributed by atoms with Gasteiger partial charge in [0, 0.05) is 22.0 Å². The van der Waals surface area contributed by atoms with E-state index < -0.39 is 17.9 Å². The molecule has 0 aliphatic carbocycles. The lowest BCUT2D eigenvalue weighted by Gasteiger charge is -2.39. The number of halogens is 1. The number of pyridine rings is 1. The number of aliphatic carboxylic acids is 1. The largest absolute Gasteiger partial charge is 0.480 e. The fourth-order valence-corrected chi connectivity index (χ4v) is 7.12. The van der Waals surface area contributed by atoms with Crippen molar-refractivity contribution in [2.45, 2.75) is 78.8 Å². The molecule has 45 heavy (non-hydrogen) atoms. The number of hydrogen-bond donors (Lipinski definition) is 1. The van der Waals surface area contributed by atoms with E-state index in [9.17, 15) is 19.5 Å². The van der Waals surface area contributed by atoms with E-state index in [-0.39, 0.29) is 17.2 Å². The molecule has 4 aromatic rings. The van der Waals surface area contributed by atoms with E-state index in [0.29, 0.717) is 52.7 Å². The molecule has 3 heterocycles. The molecule has 2 aromatic carbocycles. The summed E-state index contributed by atoms with van der Waals surface area (Å²) >= 11 is 7.44. The quantitative estimate of drug-likeness (QED) is 0.209. The van der Waals surface area contributed by atoms with Crippen LogP contribution in [0.1, 0.15) is 81.1 Å². The molecule has 1 N–H and O–H groups in total. The lowest BCUT2D eigenvalue weighted by molar-refractivity contribution is -0.144. The maximum Gasteiger partial charge on any atom is 0.326 e. The number of carbonyl (C=O) groups is 2. The number of para-hydroxylation sites is 1. The molecule has 0 radical (unpaired) electrons. The Kier molecular flexibility index (Phi) is 9.75. The molecule has 0 saturated carbocycles. The van der Waals surface area contributed by atoms with Crippen LogP contribution in [0.15, 0.2) is 64.3 Å². The number of benzene rings is 2. The van der Waals surface area contributed by atoms with Gasteiger partial charge in [-0.25, -0.2) is 9.78 Å². The van der Waals surface area contributed by atoms with Crippen LogP contribution < -0.4 is 5.56 Å². The minimum Gasteiger partial charge on any atom is -0.480 e. The van der Waals surface area contributed by atoms with Crippen molar-refractivity contribution in [3.05, 3.63) is 97.2 Å². The highest BCUT2D eigenvalue weighted by molar-refractivity contribution is 7.13. The molecule has 1 fully saturated rings. The summed E-state index contributed by atoms with van der Waals surface area (Å²) in [7, 11) is 0. The summed E-state index contributed by atoms with van der Waals surface area (Å²) in [4.78, 5) is 48.1. The van der Waals surface area contributed by atoms with Crippen LogP contribution in [0, 0.1) is 0 Å². The second-order valence-electron chi connectivity index (χ2n) is 11.7. The SMILES string of the molecule is CCc1cccc(CC)c1-n1c(C=C(C)C)c(C(=O)N2C(C)CCCC2C(=O)O)cc(-c2nc(-c3ccc(Cl)cc3)cs2)c1=O. The number of thiazole rings is 1. The summed E-state index contributed by atoms with van der Waals surface area (Å²) < 4.78 is 1.67. The highest BCUT2D eigenvalue weighted by atomic mass is 35.5. The summed E-state index contributed by atoms with van der Waals surface area (Å²) in [5.74, 6) is -1.43. The third-order valence-corrected chi connectivity index (χ3v) is 9.52. The van der Waals surface area contributed by atoms with Gasteiger partial charge in [0.05, 0.1) is 28.2 Å². The number of rotatable bonds is 8. The Balaban J connectivity index is 1.85. The maximum absolute atomic E-state index is 14.8. The van der Waals surface area contributed by atoms with E-state index in [4.69, 9.17) is 16.6 Å². The van der Waals surface area contributed by atoms with Crippen LogP contribution in [-0.4, -0.2) is 43.5 Å². The van der Waals surface area contributed by atoms with E-state index in [1.807, 2.05) is 76.4 Å². The molecule has 1 aliphatic rings. The van der Waals surface area contributed by atoms with Crippen molar-refractivity contribution in [1.82, 2.24) is 14.5 Å². The summed E-state index contributed by atoms with van der Waals surface area (Å²) in [5.41, 5.74) is 5.89. The standard InChI is InChI=1S/C36H38ClN3O4S/c1-6-23-11-9-12-24(7-2)32(23)40-31(18-21(3)4)27(34(41)39-22(5)10-8-13-30(39)36(43)44)19-28(35(40)42)33-38-29(20-45-33)25-14-16-26(37)17-15-25/h9,11-12,14-20,22,30H,6-8,10,13H2,1-5H3,(H,43,44). The zero-order valence-electron chi connectivity index (χ0n) is 26.3. The first-order valence-electron chi connectivity index (χ1n) is 15.4. The molecule has 2 atom stereocenters. The second-order valence-corrected chi connectivity index (χ2v) is 13.0. The minimum atomic E-state index is -1.02. The van der Waals surface area contributed by atoms with Gasteiger partial charge in [-0.15, -0.1) is 11.3 Å². The number of hydrogen-bond acceptors (Lipinski definition) is 5. The molecule has 1 amide bonds. The fraction of sp³-hybridized carbons (Fsp3) is 0.333. The Hall–Kier alpha value is -4.01. The van der Waals surface area contributed by atoms with Crippen LogP contribution in [0.4, 0.5) is 0 Å². The van der Waals surface area contributed by atoms with Crippen molar-refractivity contribution in [3.8, 4) is 27.5 Å². The van der Waals surface area contributed by atoms with Gasteiger partial charge >= 0.3 is 5.97 Å². The first-order chi connectivity index (χ1) is 21.5.